The van der Waals surface area contributed by atoms with Crippen LogP contribution in [0.5, 0.6) is 0 Å². The Morgan fingerprint density at radius 2 is 1.81 bits per heavy atom. The summed E-state index contributed by atoms with van der Waals surface area (Å²) in [5.74, 6) is -0.204. The van der Waals surface area contributed by atoms with Gasteiger partial charge in [-0.15, -0.1) is 0 Å². The van der Waals surface area contributed by atoms with Gasteiger partial charge in [-0.05, 0) is 103 Å². The number of allylic oxidation sites excluding steroid dienone is 1. The fourth-order valence-corrected chi connectivity index (χ4v) is 14.0. The summed E-state index contributed by atoms with van der Waals surface area (Å²) >= 11 is 0. The van der Waals surface area contributed by atoms with E-state index < -0.39 is 50.4 Å². The van der Waals surface area contributed by atoms with Gasteiger partial charge < -0.3 is 20.3 Å². The number of nitrogens with zero attached hydrogens (tertiary/aromatic N) is 3. The summed E-state index contributed by atoms with van der Waals surface area (Å²) in [5, 5.41) is 15.7. The van der Waals surface area contributed by atoms with Crippen LogP contribution in [0.1, 0.15) is 133 Å². The van der Waals surface area contributed by atoms with Crippen molar-refractivity contribution in [2.45, 2.75) is 150 Å². The molecule has 12 heteroatoms. The maximum Gasteiger partial charge on any atom is 0.307 e. The quantitative estimate of drug-likeness (QED) is 0.180. The summed E-state index contributed by atoms with van der Waals surface area (Å²) in [6.45, 7) is 23.7. The lowest BCUT2D eigenvalue weighted by atomic mass is 9.34. The van der Waals surface area contributed by atoms with Crippen LogP contribution >= 0.6 is 0 Å². The van der Waals surface area contributed by atoms with Crippen molar-refractivity contribution < 1.29 is 27.8 Å². The van der Waals surface area contributed by atoms with E-state index in [4.69, 9.17) is 15.2 Å². The molecule has 4 N–H and O–H groups in total. The molecule has 0 spiro atoms. The normalized spacial score (nSPS) is 40.5. The number of aromatic nitrogens is 3. The molecule has 1 aromatic heterocycles. The van der Waals surface area contributed by atoms with Crippen LogP contribution in [0.2, 0.25) is 0 Å². The maximum atomic E-state index is 13.8. The lowest BCUT2D eigenvalue weighted by Crippen LogP contribution is -2.70. The summed E-state index contributed by atoms with van der Waals surface area (Å²) < 4.78 is 45.8. The molecular formula is C41H69N5O6S. The minimum Gasteiger partial charge on any atom is -0.481 e. The van der Waals surface area contributed by atoms with Crippen molar-refractivity contribution in [2.24, 2.45) is 62.4 Å². The molecule has 6 rings (SSSR count). The van der Waals surface area contributed by atoms with E-state index in [-0.39, 0.29) is 39.2 Å². The summed E-state index contributed by atoms with van der Waals surface area (Å²) in [5.41, 5.74) is 5.78. The van der Waals surface area contributed by atoms with E-state index in [1.165, 1.54) is 11.9 Å². The van der Waals surface area contributed by atoms with Crippen molar-refractivity contribution >= 4 is 16.0 Å². The van der Waals surface area contributed by atoms with Gasteiger partial charge in [-0.25, -0.2) is 22.8 Å². The Kier molecular flexibility index (Phi) is 10.7. The van der Waals surface area contributed by atoms with Crippen LogP contribution in [-0.2, 0) is 24.3 Å². The van der Waals surface area contributed by atoms with Crippen molar-refractivity contribution in [1.82, 2.24) is 19.5 Å². The van der Waals surface area contributed by atoms with Gasteiger partial charge in [0.15, 0.2) is 0 Å². The molecule has 2 bridgehead atoms. The van der Waals surface area contributed by atoms with Gasteiger partial charge in [0.25, 0.3) is 15.2 Å². The molecule has 0 aromatic carbocycles. The second kappa shape index (κ2) is 14.0. The zero-order valence-electron chi connectivity index (χ0n) is 34.2. The van der Waals surface area contributed by atoms with Crippen molar-refractivity contribution in [1.29, 1.82) is 0 Å². The summed E-state index contributed by atoms with van der Waals surface area (Å²) in [6.07, 6.45) is 10.4. The van der Waals surface area contributed by atoms with E-state index in [2.05, 4.69) is 83.2 Å². The van der Waals surface area contributed by atoms with Gasteiger partial charge in [0.05, 0.1) is 37.9 Å². The predicted molar refractivity (Wildman–Crippen MR) is 205 cm³/mol. The Balaban J connectivity index is 1.54. The van der Waals surface area contributed by atoms with Gasteiger partial charge >= 0.3 is 5.97 Å². The third-order valence-electron chi connectivity index (χ3n) is 16.6. The molecule has 0 unspecified atom stereocenters. The number of carboxylic acid groups (broad SMARTS) is 1. The van der Waals surface area contributed by atoms with Gasteiger partial charge in [0.2, 0.25) is 0 Å². The van der Waals surface area contributed by atoms with Crippen LogP contribution in [-0.4, -0.2) is 72.3 Å². The van der Waals surface area contributed by atoms with E-state index in [1.807, 2.05) is 6.92 Å². The van der Waals surface area contributed by atoms with E-state index >= 15 is 0 Å². The molecule has 1 saturated heterocycles. The third kappa shape index (κ3) is 6.00. The largest absolute Gasteiger partial charge is 0.481 e. The second-order valence-corrected chi connectivity index (χ2v) is 21.0. The lowest BCUT2D eigenvalue weighted by Gasteiger charge is -2.71. The Bertz CT molecular complexity index is 1680. The average molecular weight is 760 g/mol. The zero-order chi connectivity index (χ0) is 39.0. The van der Waals surface area contributed by atoms with Crippen LogP contribution in [0, 0.1) is 56.7 Å². The van der Waals surface area contributed by atoms with Crippen LogP contribution in [0.25, 0.3) is 0 Å². The molecule has 4 fully saturated rings. The number of sulfonamides is 1. The number of ether oxygens (including phenoxy) is 2. The number of hydrogen-bond acceptors (Lipinski definition) is 8. The van der Waals surface area contributed by atoms with Gasteiger partial charge in [0, 0.05) is 17.5 Å². The molecule has 1 aromatic rings. The van der Waals surface area contributed by atoms with Crippen molar-refractivity contribution in [3.05, 3.63) is 18.0 Å². The van der Waals surface area contributed by atoms with Crippen LogP contribution in [0.15, 0.2) is 23.1 Å². The number of aliphatic carboxylic acids is 1. The van der Waals surface area contributed by atoms with Gasteiger partial charge in [-0.2, -0.15) is 5.10 Å². The van der Waals surface area contributed by atoms with Crippen LogP contribution in [0.4, 0.5) is 0 Å². The Morgan fingerprint density at radius 3 is 2.43 bits per heavy atom. The number of fused-ring (bicyclic) bond motifs is 3. The molecular weight excluding hydrogens is 691 g/mol. The Morgan fingerprint density at radius 1 is 1.11 bits per heavy atom. The van der Waals surface area contributed by atoms with Crippen LogP contribution in [0.3, 0.4) is 0 Å². The highest BCUT2D eigenvalue weighted by molar-refractivity contribution is 7.89. The second-order valence-electron chi connectivity index (χ2n) is 19.3. The Labute approximate surface area is 319 Å². The number of carboxylic acids is 1. The first kappa shape index (κ1) is 40.8. The maximum absolute atomic E-state index is 13.8. The number of nitrogens with one attached hydrogen (secondary N) is 1. The Hall–Kier alpha value is -1.86. The van der Waals surface area contributed by atoms with Gasteiger partial charge in [-0.3, -0.25) is 4.79 Å². The summed E-state index contributed by atoms with van der Waals surface area (Å²) in [6, 6.07) is -0.442. The van der Waals surface area contributed by atoms with Gasteiger partial charge in [0.1, 0.15) is 6.33 Å². The minimum atomic E-state index is -3.95. The highest BCUT2D eigenvalue weighted by atomic mass is 32.2. The molecule has 53 heavy (non-hydrogen) atoms. The fourth-order valence-electron chi connectivity index (χ4n) is 12.8. The molecule has 0 amide bonds. The number of carbonyl (C=O) groups is 1. The molecule has 11 atom stereocenters. The number of rotatable bonds is 13. The zero-order valence-corrected chi connectivity index (χ0v) is 35.0. The molecule has 4 aliphatic carbocycles. The van der Waals surface area contributed by atoms with E-state index in [0.717, 1.165) is 38.5 Å². The first-order valence-corrected chi connectivity index (χ1v) is 22.0. The topological polar surface area (TPSA) is 159 Å². The number of hydrogen-bond donors (Lipinski definition) is 3. The third-order valence-corrected chi connectivity index (χ3v) is 18.0. The molecule has 0 radical (unpaired) electrons. The summed E-state index contributed by atoms with van der Waals surface area (Å²) in [4.78, 5) is 17.9. The smallest absolute Gasteiger partial charge is 0.307 e. The SMILES string of the molecule is CCCNS(=O)(=O)c1ncnn1[C@@H]1C[C@]2(C)COC[C@@]3(C4=CC[C@@]5(C)[C@H](C(=O)O)[C@@](C)([C@H](C)C(C)C)CC[C@]5(C)[C@H]4CC[C@H]23)[C@H]1OCC(N)(CC)CC. The number of nitrogens with two attached hydrogens (primary N) is 1. The first-order chi connectivity index (χ1) is 24.7. The van der Waals surface area contributed by atoms with E-state index in [1.54, 1.807) is 4.68 Å². The fraction of sp³-hybridized carbons (Fsp3) is 0.878. The highest BCUT2D eigenvalue weighted by Gasteiger charge is 2.73. The highest BCUT2D eigenvalue weighted by Crippen LogP contribution is 2.75. The predicted octanol–water partition coefficient (Wildman–Crippen LogP) is 7.00. The van der Waals surface area contributed by atoms with Crippen molar-refractivity contribution in [3.8, 4) is 0 Å². The van der Waals surface area contributed by atoms with Crippen molar-refractivity contribution in [3.63, 3.8) is 0 Å². The van der Waals surface area contributed by atoms with E-state index in [9.17, 15) is 18.3 Å². The standard InChI is InChI=1S/C41H69N5O6S/c1-11-20-45-53(49,50)35-43-25-44-46(35)30-21-36(7)22-51-24-41(33(30)52-23-40(42,12-2)13-3)29-16-17-39(10)32(34(47)48)37(8,27(6)26(4)5)18-19-38(39,9)28(29)14-15-31(36)41/h16,25-28,30-33,45H,11-15,17-24,42H2,1-10H3,(H,47,48)/t27-,28+,30-,31-,32-,33+,36-,37-,38-,39+,41+/m1/s1. The first-order valence-electron chi connectivity index (χ1n) is 20.6. The molecule has 11 nitrogen and oxygen atoms in total. The molecule has 5 aliphatic rings. The van der Waals surface area contributed by atoms with E-state index in [0.29, 0.717) is 51.5 Å². The van der Waals surface area contributed by atoms with Gasteiger partial charge in [-0.1, -0.05) is 80.9 Å². The monoisotopic (exact) mass is 759 g/mol. The molecule has 1 aliphatic heterocycles. The molecule has 300 valence electrons. The van der Waals surface area contributed by atoms with Crippen molar-refractivity contribution in [2.75, 3.05) is 26.4 Å². The minimum absolute atomic E-state index is 0.0911. The summed E-state index contributed by atoms with van der Waals surface area (Å²) in [7, 11) is -3.95. The van der Waals surface area contributed by atoms with Crippen LogP contribution < -0.4 is 10.5 Å². The lowest BCUT2D eigenvalue weighted by molar-refractivity contribution is -0.255. The molecule has 2 heterocycles. The average Bonchev–Trinajstić information content (AvgIpc) is 3.61. The molecule has 3 saturated carbocycles.